The highest BCUT2D eigenvalue weighted by Crippen LogP contribution is 2.35. The molecular formula is C18H20N2O2. The molecule has 2 aromatic carbocycles. The highest BCUT2D eigenvalue weighted by atomic mass is 16.5. The smallest absolute Gasteiger partial charge is 0.152 e. The van der Waals surface area contributed by atoms with Crippen LogP contribution in [0.3, 0.4) is 0 Å². The van der Waals surface area contributed by atoms with E-state index >= 15 is 0 Å². The zero-order valence-electron chi connectivity index (χ0n) is 12.4. The van der Waals surface area contributed by atoms with Gasteiger partial charge in [-0.25, -0.2) is 0 Å². The quantitative estimate of drug-likeness (QED) is 0.836. The van der Waals surface area contributed by atoms with Gasteiger partial charge in [-0.05, 0) is 24.1 Å². The maximum absolute atomic E-state index is 6.65. The van der Waals surface area contributed by atoms with Gasteiger partial charge in [0.1, 0.15) is 17.2 Å². The Bertz CT molecular complexity index is 688. The van der Waals surface area contributed by atoms with Crippen LogP contribution in [-0.4, -0.2) is 12.8 Å². The summed E-state index contributed by atoms with van der Waals surface area (Å²) < 4.78 is 11.8. The van der Waals surface area contributed by atoms with Gasteiger partial charge in [-0.2, -0.15) is 0 Å². The number of ether oxygens (including phenoxy) is 2. The van der Waals surface area contributed by atoms with Crippen molar-refractivity contribution >= 4 is 0 Å². The van der Waals surface area contributed by atoms with Gasteiger partial charge >= 0.3 is 0 Å². The van der Waals surface area contributed by atoms with E-state index in [4.69, 9.17) is 15.2 Å². The molecule has 2 aliphatic heterocycles. The van der Waals surface area contributed by atoms with Crippen LogP contribution >= 0.6 is 0 Å². The van der Waals surface area contributed by atoms with E-state index in [2.05, 4.69) is 17.4 Å². The third-order valence-corrected chi connectivity index (χ3v) is 4.46. The largest absolute Gasteiger partial charge is 0.493 e. The molecule has 4 heteroatoms. The van der Waals surface area contributed by atoms with Gasteiger partial charge in [0.05, 0.1) is 6.61 Å². The number of para-hydroxylation sites is 2. The van der Waals surface area contributed by atoms with Crippen molar-refractivity contribution in [1.82, 2.24) is 5.32 Å². The number of hydrogen-bond donors (Lipinski definition) is 2. The summed E-state index contributed by atoms with van der Waals surface area (Å²) >= 11 is 0. The van der Waals surface area contributed by atoms with Crippen molar-refractivity contribution < 1.29 is 9.47 Å². The molecule has 0 saturated heterocycles. The molecule has 2 aliphatic rings. The van der Waals surface area contributed by atoms with Gasteiger partial charge in [0.2, 0.25) is 0 Å². The summed E-state index contributed by atoms with van der Waals surface area (Å²) in [6, 6.07) is 16.1. The van der Waals surface area contributed by atoms with Gasteiger partial charge < -0.3 is 15.2 Å². The van der Waals surface area contributed by atoms with Crippen LogP contribution in [-0.2, 0) is 12.1 Å². The molecule has 0 aliphatic carbocycles. The predicted molar refractivity (Wildman–Crippen MR) is 84.7 cm³/mol. The molecule has 114 valence electrons. The van der Waals surface area contributed by atoms with Crippen LogP contribution in [0.4, 0.5) is 0 Å². The molecule has 0 bridgehead atoms. The van der Waals surface area contributed by atoms with Crippen molar-refractivity contribution in [2.45, 2.75) is 31.2 Å². The maximum atomic E-state index is 6.65. The second kappa shape index (κ2) is 5.30. The minimum absolute atomic E-state index is 0.0777. The van der Waals surface area contributed by atoms with Gasteiger partial charge in [-0.3, -0.25) is 5.32 Å². The third-order valence-electron chi connectivity index (χ3n) is 4.46. The van der Waals surface area contributed by atoms with E-state index in [1.54, 1.807) is 0 Å². The van der Waals surface area contributed by atoms with E-state index in [0.29, 0.717) is 6.61 Å². The van der Waals surface area contributed by atoms with E-state index in [1.165, 1.54) is 5.56 Å². The van der Waals surface area contributed by atoms with E-state index in [0.717, 1.165) is 36.3 Å². The normalized spacial score (nSPS) is 26.3. The molecule has 2 atom stereocenters. The van der Waals surface area contributed by atoms with Crippen LogP contribution in [0.5, 0.6) is 11.5 Å². The average molecular weight is 296 g/mol. The van der Waals surface area contributed by atoms with Gasteiger partial charge in [-0.1, -0.05) is 36.4 Å². The zero-order chi connectivity index (χ0) is 15.0. The van der Waals surface area contributed by atoms with Gasteiger partial charge in [0, 0.05) is 18.4 Å². The second-order valence-corrected chi connectivity index (χ2v) is 5.96. The zero-order valence-corrected chi connectivity index (χ0v) is 12.4. The molecular weight excluding hydrogens is 276 g/mol. The molecule has 4 nitrogen and oxygen atoms in total. The van der Waals surface area contributed by atoms with E-state index in [9.17, 15) is 0 Å². The Balaban J connectivity index is 1.57. The summed E-state index contributed by atoms with van der Waals surface area (Å²) in [6.45, 7) is 0.615. The molecule has 1 unspecified atom stereocenters. The first-order valence-electron chi connectivity index (χ1n) is 7.78. The summed E-state index contributed by atoms with van der Waals surface area (Å²) in [7, 11) is 0. The number of benzene rings is 2. The van der Waals surface area contributed by atoms with Crippen LogP contribution in [0.25, 0.3) is 0 Å². The molecule has 3 N–H and O–H groups in total. The SMILES string of the molecule is NC1(N[C@@H]2CCc3ccccc3O2)CCOc2ccccc21. The molecule has 2 aromatic rings. The first kappa shape index (κ1) is 13.6. The van der Waals surface area contributed by atoms with E-state index < -0.39 is 5.66 Å². The maximum Gasteiger partial charge on any atom is 0.152 e. The molecule has 0 saturated carbocycles. The average Bonchev–Trinajstić information content (AvgIpc) is 2.55. The molecule has 0 fully saturated rings. The third kappa shape index (κ3) is 2.34. The fourth-order valence-electron chi connectivity index (χ4n) is 3.28. The van der Waals surface area contributed by atoms with Crippen molar-refractivity contribution in [3.05, 3.63) is 59.7 Å². The monoisotopic (exact) mass is 296 g/mol. The summed E-state index contributed by atoms with van der Waals surface area (Å²) in [6.07, 6.45) is 2.57. The number of nitrogens with two attached hydrogens (primary N) is 1. The fraction of sp³-hybridized carbons (Fsp3) is 0.333. The van der Waals surface area contributed by atoms with Crippen molar-refractivity contribution in [3.8, 4) is 11.5 Å². The Labute approximate surface area is 130 Å². The summed E-state index contributed by atoms with van der Waals surface area (Å²) in [5.41, 5.74) is 8.31. The summed E-state index contributed by atoms with van der Waals surface area (Å²) in [4.78, 5) is 0. The Morgan fingerprint density at radius 2 is 1.82 bits per heavy atom. The van der Waals surface area contributed by atoms with Crippen LogP contribution in [0.15, 0.2) is 48.5 Å². The fourth-order valence-corrected chi connectivity index (χ4v) is 3.28. The minimum atomic E-state index is -0.605. The Hall–Kier alpha value is -2.04. The molecule has 0 amide bonds. The molecule has 0 radical (unpaired) electrons. The van der Waals surface area contributed by atoms with Crippen LogP contribution in [0.1, 0.15) is 24.0 Å². The predicted octanol–water partition coefficient (Wildman–Crippen LogP) is 2.52. The van der Waals surface area contributed by atoms with Crippen molar-refractivity contribution in [1.29, 1.82) is 0 Å². The second-order valence-electron chi connectivity index (χ2n) is 5.96. The van der Waals surface area contributed by atoms with Crippen LogP contribution in [0.2, 0.25) is 0 Å². The number of rotatable bonds is 2. The molecule has 4 rings (SSSR count). The lowest BCUT2D eigenvalue weighted by molar-refractivity contribution is 0.0725. The molecule has 22 heavy (non-hydrogen) atoms. The summed E-state index contributed by atoms with van der Waals surface area (Å²) in [5.74, 6) is 1.81. The van der Waals surface area contributed by atoms with Crippen molar-refractivity contribution in [2.24, 2.45) is 5.73 Å². The highest BCUT2D eigenvalue weighted by molar-refractivity contribution is 5.40. The topological polar surface area (TPSA) is 56.5 Å². The number of aryl methyl sites for hydroxylation is 1. The van der Waals surface area contributed by atoms with Gasteiger partial charge in [0.15, 0.2) is 6.23 Å². The van der Waals surface area contributed by atoms with Crippen molar-refractivity contribution in [3.63, 3.8) is 0 Å². The lowest BCUT2D eigenvalue weighted by Gasteiger charge is -2.40. The van der Waals surface area contributed by atoms with Crippen LogP contribution < -0.4 is 20.5 Å². The van der Waals surface area contributed by atoms with Crippen LogP contribution in [0, 0.1) is 0 Å². The molecule has 0 spiro atoms. The Morgan fingerprint density at radius 3 is 2.73 bits per heavy atom. The number of nitrogens with one attached hydrogen (secondary N) is 1. The van der Waals surface area contributed by atoms with E-state index in [-0.39, 0.29) is 6.23 Å². The summed E-state index contributed by atoms with van der Waals surface area (Å²) in [5, 5.41) is 3.51. The van der Waals surface area contributed by atoms with Gasteiger partial charge in [-0.15, -0.1) is 0 Å². The molecule has 2 heterocycles. The van der Waals surface area contributed by atoms with E-state index in [1.807, 2.05) is 36.4 Å². The lowest BCUT2D eigenvalue weighted by atomic mass is 9.93. The minimum Gasteiger partial charge on any atom is -0.493 e. The Morgan fingerprint density at radius 1 is 1.05 bits per heavy atom. The highest BCUT2D eigenvalue weighted by Gasteiger charge is 2.36. The van der Waals surface area contributed by atoms with Crippen molar-refractivity contribution in [2.75, 3.05) is 6.61 Å². The first-order valence-corrected chi connectivity index (χ1v) is 7.78. The first-order chi connectivity index (χ1) is 10.7. The van der Waals surface area contributed by atoms with Gasteiger partial charge in [0.25, 0.3) is 0 Å². The number of fused-ring (bicyclic) bond motifs is 2. The lowest BCUT2D eigenvalue weighted by Crippen LogP contribution is -2.58. The molecule has 0 aromatic heterocycles. The Kier molecular flexibility index (Phi) is 3.28. The standard InChI is InChI=1S/C18H20N2O2/c19-18(11-12-21-16-8-4-2-6-14(16)18)20-17-10-9-13-5-1-3-7-15(13)22-17/h1-8,17,20H,9-12,19H2/t17-,18?/m0/s1. The number of hydrogen-bond acceptors (Lipinski definition) is 4.